The molecule has 2 aliphatic rings. The van der Waals surface area contributed by atoms with Gasteiger partial charge in [-0.15, -0.1) is 0 Å². The van der Waals surface area contributed by atoms with Gasteiger partial charge in [-0.2, -0.15) is 0 Å². The van der Waals surface area contributed by atoms with Gasteiger partial charge in [0.15, 0.2) is 0 Å². The molecule has 1 aliphatic carbocycles. The van der Waals surface area contributed by atoms with Crippen molar-refractivity contribution in [2.24, 2.45) is 0 Å². The lowest BCUT2D eigenvalue weighted by Gasteiger charge is -2.33. The normalized spacial score (nSPS) is 21.1. The number of carbonyl (C=O) groups excluding carboxylic acids is 2. The molecule has 1 saturated heterocycles. The van der Waals surface area contributed by atoms with Crippen molar-refractivity contribution in [3.05, 3.63) is 0 Å². The van der Waals surface area contributed by atoms with E-state index in [9.17, 15) is 9.59 Å². The molecule has 1 saturated carbocycles. The molecule has 1 aliphatic heterocycles. The van der Waals surface area contributed by atoms with Crippen molar-refractivity contribution in [1.29, 1.82) is 0 Å². The van der Waals surface area contributed by atoms with E-state index in [0.717, 1.165) is 39.0 Å². The number of nitrogens with zero attached hydrogens (tertiary/aromatic N) is 2. The van der Waals surface area contributed by atoms with Crippen LogP contribution in [0.3, 0.4) is 0 Å². The molecule has 6 heteroatoms. The largest absolute Gasteiger partial charge is 0.465 e. The number of piperazine rings is 1. The number of esters is 1. The summed E-state index contributed by atoms with van der Waals surface area (Å²) in [5.74, 6) is -0.0382. The van der Waals surface area contributed by atoms with Crippen LogP contribution in [0.25, 0.3) is 0 Å². The standard InChI is InChI=1S/C13H23N3O3/c1-2-19-13(18)10-16-7-5-15(6-8-16)9-12(17)14-11-3-4-11/h11H,2-10H2,1H3,(H,14,17). The zero-order valence-electron chi connectivity index (χ0n) is 11.6. The molecule has 0 bridgehead atoms. The molecule has 0 atom stereocenters. The Bertz CT molecular complexity index is 323. The second kappa shape index (κ2) is 6.86. The van der Waals surface area contributed by atoms with Gasteiger partial charge in [-0.25, -0.2) is 0 Å². The van der Waals surface area contributed by atoms with Crippen molar-refractivity contribution in [3.63, 3.8) is 0 Å². The van der Waals surface area contributed by atoms with E-state index < -0.39 is 0 Å². The maximum Gasteiger partial charge on any atom is 0.320 e. The molecule has 1 N–H and O–H groups in total. The van der Waals surface area contributed by atoms with Gasteiger partial charge >= 0.3 is 5.97 Å². The molecule has 0 unspecified atom stereocenters. The summed E-state index contributed by atoms with van der Waals surface area (Å²) < 4.78 is 4.93. The maximum absolute atomic E-state index is 11.7. The average Bonchev–Trinajstić information content (AvgIpc) is 3.16. The van der Waals surface area contributed by atoms with Crippen LogP contribution in [-0.2, 0) is 14.3 Å². The Morgan fingerprint density at radius 1 is 1.11 bits per heavy atom. The Balaban J connectivity index is 1.61. The number of nitrogens with one attached hydrogen (secondary N) is 1. The molecule has 0 spiro atoms. The molecular formula is C13H23N3O3. The number of amides is 1. The molecule has 6 nitrogen and oxygen atoms in total. The van der Waals surface area contributed by atoms with Crippen molar-refractivity contribution in [2.45, 2.75) is 25.8 Å². The van der Waals surface area contributed by atoms with E-state index >= 15 is 0 Å². The van der Waals surface area contributed by atoms with Crippen molar-refractivity contribution in [3.8, 4) is 0 Å². The summed E-state index contributed by atoms with van der Waals surface area (Å²) in [5, 5.41) is 2.99. The SMILES string of the molecule is CCOC(=O)CN1CCN(CC(=O)NC2CC2)CC1. The smallest absolute Gasteiger partial charge is 0.320 e. The monoisotopic (exact) mass is 269 g/mol. The first-order valence-electron chi connectivity index (χ1n) is 7.07. The molecule has 0 aromatic rings. The highest BCUT2D eigenvalue weighted by molar-refractivity contribution is 5.78. The molecule has 1 heterocycles. The Morgan fingerprint density at radius 2 is 1.68 bits per heavy atom. The first-order chi connectivity index (χ1) is 9.17. The minimum absolute atomic E-state index is 0.126. The third kappa shape index (κ3) is 5.16. The maximum atomic E-state index is 11.7. The fourth-order valence-electron chi connectivity index (χ4n) is 2.20. The fraction of sp³-hybridized carbons (Fsp3) is 0.846. The van der Waals surface area contributed by atoms with Gasteiger partial charge in [0, 0.05) is 32.2 Å². The number of rotatable bonds is 6. The first kappa shape index (κ1) is 14.3. The molecule has 108 valence electrons. The summed E-state index contributed by atoms with van der Waals surface area (Å²) in [4.78, 5) is 27.2. The summed E-state index contributed by atoms with van der Waals surface area (Å²) in [6.45, 7) is 6.37. The van der Waals surface area contributed by atoms with E-state index in [1.54, 1.807) is 0 Å². The Morgan fingerprint density at radius 3 is 2.21 bits per heavy atom. The fourth-order valence-corrected chi connectivity index (χ4v) is 2.20. The van der Waals surface area contributed by atoms with E-state index in [1.807, 2.05) is 6.92 Å². The number of ether oxygens (including phenoxy) is 1. The minimum Gasteiger partial charge on any atom is -0.465 e. The van der Waals surface area contributed by atoms with Crippen molar-refractivity contribution < 1.29 is 14.3 Å². The van der Waals surface area contributed by atoms with E-state index in [2.05, 4.69) is 15.1 Å². The van der Waals surface area contributed by atoms with Gasteiger partial charge in [-0.05, 0) is 19.8 Å². The second-order valence-corrected chi connectivity index (χ2v) is 5.20. The molecule has 2 fully saturated rings. The van der Waals surface area contributed by atoms with Crippen LogP contribution in [0.5, 0.6) is 0 Å². The van der Waals surface area contributed by atoms with Gasteiger partial charge in [-0.3, -0.25) is 19.4 Å². The van der Waals surface area contributed by atoms with E-state index in [4.69, 9.17) is 4.74 Å². The van der Waals surface area contributed by atoms with Crippen molar-refractivity contribution in [1.82, 2.24) is 15.1 Å². The Labute approximate surface area is 114 Å². The summed E-state index contributed by atoms with van der Waals surface area (Å²) in [6, 6.07) is 0.428. The van der Waals surface area contributed by atoms with Gasteiger partial charge in [-0.1, -0.05) is 0 Å². The van der Waals surface area contributed by atoms with Gasteiger partial charge in [0.1, 0.15) is 0 Å². The number of hydrogen-bond donors (Lipinski definition) is 1. The average molecular weight is 269 g/mol. The molecule has 1 amide bonds. The lowest BCUT2D eigenvalue weighted by atomic mass is 10.3. The third-order valence-electron chi connectivity index (χ3n) is 3.43. The number of hydrogen-bond acceptors (Lipinski definition) is 5. The van der Waals surface area contributed by atoms with Crippen LogP contribution in [0, 0.1) is 0 Å². The molecule has 0 aromatic carbocycles. The molecule has 19 heavy (non-hydrogen) atoms. The highest BCUT2D eigenvalue weighted by atomic mass is 16.5. The second-order valence-electron chi connectivity index (χ2n) is 5.20. The third-order valence-corrected chi connectivity index (χ3v) is 3.43. The topological polar surface area (TPSA) is 61.9 Å². The predicted octanol–water partition coefficient (Wildman–Crippen LogP) is -0.554. The first-order valence-corrected chi connectivity index (χ1v) is 7.07. The minimum atomic E-state index is -0.164. The predicted molar refractivity (Wildman–Crippen MR) is 70.7 cm³/mol. The van der Waals surface area contributed by atoms with Crippen LogP contribution in [0.15, 0.2) is 0 Å². The summed E-state index contributed by atoms with van der Waals surface area (Å²) in [6.07, 6.45) is 2.25. The molecule has 2 rings (SSSR count). The van der Waals surface area contributed by atoms with Gasteiger partial charge < -0.3 is 10.1 Å². The van der Waals surface area contributed by atoms with Crippen LogP contribution in [0.2, 0.25) is 0 Å². The van der Waals surface area contributed by atoms with E-state index in [1.165, 1.54) is 0 Å². The quantitative estimate of drug-likeness (QED) is 0.655. The van der Waals surface area contributed by atoms with Crippen molar-refractivity contribution >= 4 is 11.9 Å². The van der Waals surface area contributed by atoms with Crippen LogP contribution in [0.4, 0.5) is 0 Å². The van der Waals surface area contributed by atoms with Gasteiger partial charge in [0.05, 0.1) is 19.7 Å². The highest BCUT2D eigenvalue weighted by Crippen LogP contribution is 2.18. The summed E-state index contributed by atoms with van der Waals surface area (Å²) in [5.41, 5.74) is 0. The van der Waals surface area contributed by atoms with Crippen LogP contribution < -0.4 is 5.32 Å². The zero-order chi connectivity index (χ0) is 13.7. The number of carbonyl (C=O) groups is 2. The summed E-state index contributed by atoms with van der Waals surface area (Å²) in [7, 11) is 0. The zero-order valence-corrected chi connectivity index (χ0v) is 11.6. The molecule has 0 radical (unpaired) electrons. The van der Waals surface area contributed by atoms with Gasteiger partial charge in [0.25, 0.3) is 0 Å². The molecular weight excluding hydrogens is 246 g/mol. The Hall–Kier alpha value is -1.14. The van der Waals surface area contributed by atoms with E-state index in [0.29, 0.717) is 25.7 Å². The van der Waals surface area contributed by atoms with Crippen LogP contribution >= 0.6 is 0 Å². The van der Waals surface area contributed by atoms with Gasteiger partial charge in [0.2, 0.25) is 5.91 Å². The van der Waals surface area contributed by atoms with Crippen molar-refractivity contribution in [2.75, 3.05) is 45.9 Å². The lowest BCUT2D eigenvalue weighted by Crippen LogP contribution is -2.50. The molecule has 0 aromatic heterocycles. The van der Waals surface area contributed by atoms with E-state index in [-0.39, 0.29) is 11.9 Å². The van der Waals surface area contributed by atoms with Crippen LogP contribution in [-0.4, -0.2) is 73.6 Å². The highest BCUT2D eigenvalue weighted by Gasteiger charge is 2.25. The van der Waals surface area contributed by atoms with Crippen LogP contribution in [0.1, 0.15) is 19.8 Å². The lowest BCUT2D eigenvalue weighted by molar-refractivity contribution is -0.145. The summed E-state index contributed by atoms with van der Waals surface area (Å²) >= 11 is 0. The Kier molecular flexibility index (Phi) is 5.15.